The van der Waals surface area contributed by atoms with Crippen molar-refractivity contribution in [2.75, 3.05) is 18.4 Å². The molecule has 1 aromatic heterocycles. The minimum Gasteiger partial charge on any atom is -0.370 e. The molecule has 0 aliphatic carbocycles. The maximum atomic E-state index is 8.85. The van der Waals surface area contributed by atoms with E-state index in [1.54, 1.807) is 12.1 Å². The van der Waals surface area contributed by atoms with E-state index in [1.807, 2.05) is 6.07 Å². The molecule has 1 aliphatic rings. The zero-order chi connectivity index (χ0) is 13.7. The van der Waals surface area contributed by atoms with Crippen molar-refractivity contribution in [1.82, 2.24) is 15.8 Å². The molecule has 2 rings (SSSR count). The highest BCUT2D eigenvalue weighted by atomic mass is 35.5. The van der Waals surface area contributed by atoms with Crippen LogP contribution in [0.1, 0.15) is 25.5 Å². The molecule has 0 bridgehead atoms. The number of pyridine rings is 1. The van der Waals surface area contributed by atoms with Gasteiger partial charge in [0.05, 0.1) is 5.02 Å². The lowest BCUT2D eigenvalue weighted by Gasteiger charge is -2.13. The lowest BCUT2D eigenvalue weighted by molar-refractivity contribution is 0.452. The van der Waals surface area contributed by atoms with Crippen molar-refractivity contribution < 1.29 is 0 Å². The summed E-state index contributed by atoms with van der Waals surface area (Å²) in [6.07, 6.45) is 2.23. The Bertz CT molecular complexity index is 471. The number of aromatic nitrogens is 1. The van der Waals surface area contributed by atoms with Gasteiger partial charge < -0.3 is 5.32 Å². The molecule has 0 amide bonds. The third-order valence-electron chi connectivity index (χ3n) is 3.41. The average Bonchev–Trinajstić information content (AvgIpc) is 2.82. The van der Waals surface area contributed by atoms with Gasteiger partial charge in [-0.2, -0.15) is 5.26 Å². The summed E-state index contributed by atoms with van der Waals surface area (Å²) < 4.78 is 0. The molecule has 0 saturated carbocycles. The zero-order valence-corrected chi connectivity index (χ0v) is 11.7. The molecule has 102 valence electrons. The topological polar surface area (TPSA) is 72.8 Å². The number of hydrogen-bond acceptors (Lipinski definition) is 5. The van der Waals surface area contributed by atoms with E-state index in [0.717, 1.165) is 25.9 Å². The van der Waals surface area contributed by atoms with Gasteiger partial charge in [-0.15, -0.1) is 0 Å². The van der Waals surface area contributed by atoms with Crippen LogP contribution in [0.15, 0.2) is 12.1 Å². The summed E-state index contributed by atoms with van der Waals surface area (Å²) in [7, 11) is 0. The summed E-state index contributed by atoms with van der Waals surface area (Å²) in [6.45, 7) is 4.07. The van der Waals surface area contributed by atoms with Crippen molar-refractivity contribution in [1.29, 1.82) is 5.26 Å². The van der Waals surface area contributed by atoms with E-state index in [2.05, 4.69) is 28.1 Å². The van der Waals surface area contributed by atoms with Crippen molar-refractivity contribution in [3.05, 3.63) is 22.8 Å². The van der Waals surface area contributed by atoms with Crippen molar-refractivity contribution in [2.24, 2.45) is 5.92 Å². The predicted octanol–water partition coefficient (Wildman–Crippen LogP) is 1.91. The third-order valence-corrected chi connectivity index (χ3v) is 3.72. The molecule has 0 radical (unpaired) electrons. The molecule has 6 heteroatoms. The average molecular weight is 280 g/mol. The summed E-state index contributed by atoms with van der Waals surface area (Å²) in [6, 6.07) is 6.00. The first-order valence-electron chi connectivity index (χ1n) is 6.49. The van der Waals surface area contributed by atoms with Gasteiger partial charge in [0.25, 0.3) is 0 Å². The van der Waals surface area contributed by atoms with Gasteiger partial charge in [-0.25, -0.2) is 4.98 Å². The summed E-state index contributed by atoms with van der Waals surface area (Å²) in [5.41, 5.74) is 6.65. The molecule has 1 aliphatic heterocycles. The fraction of sp³-hybridized carbons (Fsp3) is 0.538. The molecule has 2 heterocycles. The number of halogens is 1. The Morgan fingerprint density at radius 1 is 1.58 bits per heavy atom. The van der Waals surface area contributed by atoms with Crippen molar-refractivity contribution in [2.45, 2.75) is 25.8 Å². The van der Waals surface area contributed by atoms with Gasteiger partial charge in [0.1, 0.15) is 11.9 Å². The maximum absolute atomic E-state index is 8.85. The quantitative estimate of drug-likeness (QED) is 0.718. The van der Waals surface area contributed by atoms with E-state index in [4.69, 9.17) is 16.9 Å². The molecule has 1 aromatic rings. The Labute approximate surface area is 118 Å². The van der Waals surface area contributed by atoms with Crippen LogP contribution in [0, 0.1) is 17.2 Å². The normalized spacial score (nSPS) is 22.2. The van der Waals surface area contributed by atoms with Gasteiger partial charge in [0.15, 0.2) is 5.69 Å². The lowest BCUT2D eigenvalue weighted by Crippen LogP contribution is -2.28. The van der Waals surface area contributed by atoms with Crippen LogP contribution >= 0.6 is 11.6 Å². The molecule has 1 fully saturated rings. The summed E-state index contributed by atoms with van der Waals surface area (Å²) in [5, 5.41) is 12.5. The Balaban J connectivity index is 1.75. The predicted molar refractivity (Wildman–Crippen MR) is 75.8 cm³/mol. The van der Waals surface area contributed by atoms with Crippen LogP contribution in [0.25, 0.3) is 0 Å². The van der Waals surface area contributed by atoms with Crippen LogP contribution in [0.4, 0.5) is 5.82 Å². The minimum absolute atomic E-state index is 0.268. The SMILES string of the molecule is CC1NNCC1CCCNc1ccc(Cl)c(C#N)n1. The Morgan fingerprint density at radius 3 is 3.11 bits per heavy atom. The fourth-order valence-corrected chi connectivity index (χ4v) is 2.34. The van der Waals surface area contributed by atoms with Gasteiger partial charge in [0, 0.05) is 19.1 Å². The van der Waals surface area contributed by atoms with E-state index in [0.29, 0.717) is 22.8 Å². The molecular formula is C13H18ClN5. The fourth-order valence-electron chi connectivity index (χ4n) is 2.20. The number of nitrogens with zero attached hydrogens (tertiary/aromatic N) is 2. The van der Waals surface area contributed by atoms with E-state index < -0.39 is 0 Å². The summed E-state index contributed by atoms with van der Waals surface area (Å²) >= 11 is 5.83. The van der Waals surface area contributed by atoms with Gasteiger partial charge in [-0.3, -0.25) is 10.9 Å². The molecule has 19 heavy (non-hydrogen) atoms. The van der Waals surface area contributed by atoms with Crippen LogP contribution in [0.5, 0.6) is 0 Å². The first-order chi connectivity index (χ1) is 9.20. The molecule has 1 saturated heterocycles. The highest BCUT2D eigenvalue weighted by molar-refractivity contribution is 6.31. The molecule has 0 aromatic carbocycles. The number of hydrogen-bond donors (Lipinski definition) is 3. The third kappa shape index (κ3) is 3.80. The monoisotopic (exact) mass is 279 g/mol. The highest BCUT2D eigenvalue weighted by Crippen LogP contribution is 2.17. The Morgan fingerprint density at radius 2 is 2.42 bits per heavy atom. The Kier molecular flexibility index (Phi) is 4.97. The lowest BCUT2D eigenvalue weighted by atomic mass is 9.98. The van der Waals surface area contributed by atoms with Crippen LogP contribution < -0.4 is 16.2 Å². The largest absolute Gasteiger partial charge is 0.370 e. The van der Waals surface area contributed by atoms with Crippen LogP contribution in [-0.2, 0) is 0 Å². The summed E-state index contributed by atoms with van der Waals surface area (Å²) in [5.74, 6) is 1.38. The van der Waals surface area contributed by atoms with Crippen LogP contribution in [0.2, 0.25) is 5.02 Å². The highest BCUT2D eigenvalue weighted by Gasteiger charge is 2.21. The minimum atomic E-state index is 0.268. The second kappa shape index (κ2) is 6.71. The van der Waals surface area contributed by atoms with Gasteiger partial charge >= 0.3 is 0 Å². The summed E-state index contributed by atoms with van der Waals surface area (Å²) in [4.78, 5) is 4.15. The molecule has 0 spiro atoms. The second-order valence-corrected chi connectivity index (χ2v) is 5.19. The molecular weight excluding hydrogens is 262 g/mol. The van der Waals surface area contributed by atoms with Crippen molar-refractivity contribution in [3.63, 3.8) is 0 Å². The smallest absolute Gasteiger partial charge is 0.161 e. The number of nitriles is 1. The van der Waals surface area contributed by atoms with Crippen molar-refractivity contribution in [3.8, 4) is 6.07 Å². The maximum Gasteiger partial charge on any atom is 0.161 e. The molecule has 2 unspecified atom stereocenters. The number of rotatable bonds is 5. The van der Waals surface area contributed by atoms with E-state index in [-0.39, 0.29) is 5.69 Å². The molecule has 3 N–H and O–H groups in total. The second-order valence-electron chi connectivity index (χ2n) is 4.78. The van der Waals surface area contributed by atoms with E-state index in [9.17, 15) is 0 Å². The van der Waals surface area contributed by atoms with Gasteiger partial charge in [-0.1, -0.05) is 11.6 Å². The molecule has 2 atom stereocenters. The van der Waals surface area contributed by atoms with Crippen LogP contribution in [0.3, 0.4) is 0 Å². The Hall–Kier alpha value is -1.35. The molecule has 5 nitrogen and oxygen atoms in total. The number of hydrazine groups is 1. The van der Waals surface area contributed by atoms with Gasteiger partial charge in [0.2, 0.25) is 0 Å². The number of nitrogens with one attached hydrogen (secondary N) is 3. The standard InChI is InChI=1S/C13H18ClN5/c1-9-10(8-17-19-9)3-2-6-16-13-5-4-11(14)12(7-15)18-13/h4-5,9-10,17,19H,2-3,6,8H2,1H3,(H,16,18). The first-order valence-corrected chi connectivity index (χ1v) is 6.87. The van der Waals surface area contributed by atoms with Crippen molar-refractivity contribution >= 4 is 17.4 Å². The van der Waals surface area contributed by atoms with E-state index >= 15 is 0 Å². The first kappa shape index (κ1) is 14.1. The van der Waals surface area contributed by atoms with E-state index in [1.165, 1.54) is 0 Å². The van der Waals surface area contributed by atoms with Gasteiger partial charge in [-0.05, 0) is 37.8 Å². The van der Waals surface area contributed by atoms with Crippen LogP contribution in [-0.4, -0.2) is 24.1 Å². The zero-order valence-electron chi connectivity index (χ0n) is 10.9. The number of anilines is 1.